The fourth-order valence-corrected chi connectivity index (χ4v) is 3.03. The molecule has 1 unspecified atom stereocenters. The summed E-state index contributed by atoms with van der Waals surface area (Å²) in [5.41, 5.74) is 6.09. The molecule has 0 aromatic heterocycles. The molecule has 2 aliphatic rings. The lowest BCUT2D eigenvalue weighted by molar-refractivity contribution is -0.0857. The van der Waals surface area contributed by atoms with Crippen molar-refractivity contribution in [2.75, 3.05) is 19.7 Å². The van der Waals surface area contributed by atoms with Gasteiger partial charge >= 0.3 is 0 Å². The highest BCUT2D eigenvalue weighted by molar-refractivity contribution is 4.97. The van der Waals surface area contributed by atoms with E-state index in [0.29, 0.717) is 0 Å². The van der Waals surface area contributed by atoms with Crippen LogP contribution >= 0.6 is 0 Å². The van der Waals surface area contributed by atoms with Gasteiger partial charge in [-0.3, -0.25) is 0 Å². The summed E-state index contributed by atoms with van der Waals surface area (Å²) >= 11 is 0. The molecule has 1 aliphatic carbocycles. The molecule has 0 bridgehead atoms. The van der Waals surface area contributed by atoms with Crippen LogP contribution in [-0.2, 0) is 4.74 Å². The van der Waals surface area contributed by atoms with E-state index in [1.54, 1.807) is 0 Å². The van der Waals surface area contributed by atoms with Crippen molar-refractivity contribution in [3.63, 3.8) is 0 Å². The first kappa shape index (κ1) is 13.3. The van der Waals surface area contributed by atoms with Crippen molar-refractivity contribution in [3.8, 4) is 0 Å². The lowest BCUT2D eigenvalue weighted by Gasteiger charge is -2.45. The van der Waals surface area contributed by atoms with Crippen LogP contribution in [0.3, 0.4) is 0 Å². The summed E-state index contributed by atoms with van der Waals surface area (Å²) in [6.45, 7) is 7.01. The van der Waals surface area contributed by atoms with Crippen molar-refractivity contribution in [3.05, 3.63) is 0 Å². The van der Waals surface area contributed by atoms with Crippen LogP contribution in [-0.4, -0.2) is 30.8 Å². The second kappa shape index (κ2) is 5.25. The molecule has 3 nitrogen and oxygen atoms in total. The normalized spacial score (nSPS) is 32.6. The summed E-state index contributed by atoms with van der Waals surface area (Å²) in [7, 11) is 0. The van der Waals surface area contributed by atoms with Gasteiger partial charge < -0.3 is 15.8 Å². The Bertz CT molecular complexity index is 251. The van der Waals surface area contributed by atoms with Crippen LogP contribution in [0.25, 0.3) is 0 Å². The number of hydrogen-bond acceptors (Lipinski definition) is 3. The van der Waals surface area contributed by atoms with Crippen LogP contribution in [0.4, 0.5) is 0 Å². The Morgan fingerprint density at radius 2 is 2.12 bits per heavy atom. The molecule has 1 atom stereocenters. The minimum Gasteiger partial charge on any atom is -0.375 e. The summed E-state index contributed by atoms with van der Waals surface area (Å²) in [6, 6.07) is 0. The Morgan fingerprint density at radius 3 is 2.71 bits per heavy atom. The predicted molar refractivity (Wildman–Crippen MR) is 71.0 cm³/mol. The summed E-state index contributed by atoms with van der Waals surface area (Å²) in [6.07, 6.45) is 7.70. The van der Waals surface area contributed by atoms with Gasteiger partial charge in [0.25, 0.3) is 0 Å². The summed E-state index contributed by atoms with van der Waals surface area (Å²) < 4.78 is 5.78. The summed E-state index contributed by atoms with van der Waals surface area (Å²) in [4.78, 5) is 0. The summed E-state index contributed by atoms with van der Waals surface area (Å²) in [5.74, 6) is 1.04. The molecule has 0 aromatic rings. The van der Waals surface area contributed by atoms with Gasteiger partial charge in [-0.25, -0.2) is 0 Å². The van der Waals surface area contributed by atoms with E-state index in [9.17, 15) is 0 Å². The number of nitrogens with one attached hydrogen (secondary N) is 1. The van der Waals surface area contributed by atoms with E-state index in [4.69, 9.17) is 10.5 Å². The molecule has 1 aliphatic heterocycles. The third-order valence-corrected chi connectivity index (χ3v) is 4.21. The predicted octanol–water partition coefficient (Wildman–Crippen LogP) is 2.05. The molecule has 2 fully saturated rings. The Labute approximate surface area is 105 Å². The van der Waals surface area contributed by atoms with Gasteiger partial charge in [-0.15, -0.1) is 0 Å². The molecule has 0 aromatic carbocycles. The molecular formula is C14H28N2O. The molecular weight excluding hydrogens is 212 g/mol. The Hall–Kier alpha value is -0.120. The first-order valence-electron chi connectivity index (χ1n) is 7.14. The van der Waals surface area contributed by atoms with Gasteiger partial charge in [0.05, 0.1) is 5.60 Å². The molecule has 0 spiro atoms. The third-order valence-electron chi connectivity index (χ3n) is 4.21. The lowest BCUT2D eigenvalue weighted by atomic mass is 9.81. The maximum Gasteiger partial charge on any atom is 0.0644 e. The maximum atomic E-state index is 6.00. The zero-order chi connectivity index (χ0) is 12.4. The molecule has 1 saturated carbocycles. The molecule has 100 valence electrons. The molecule has 0 radical (unpaired) electrons. The number of rotatable bonds is 6. The fourth-order valence-electron chi connectivity index (χ4n) is 3.03. The van der Waals surface area contributed by atoms with Crippen molar-refractivity contribution >= 4 is 0 Å². The third kappa shape index (κ3) is 3.94. The number of hydrogen-bond donors (Lipinski definition) is 2. The smallest absolute Gasteiger partial charge is 0.0644 e. The Morgan fingerprint density at radius 1 is 1.35 bits per heavy atom. The monoisotopic (exact) mass is 240 g/mol. The highest BCUT2D eigenvalue weighted by Gasteiger charge is 2.39. The van der Waals surface area contributed by atoms with Crippen LogP contribution in [0.5, 0.6) is 0 Å². The quantitative estimate of drug-likeness (QED) is 0.699. The SMILES string of the molecule is CC1(C)CC(CN)(NCCCC2CC2)CCO1. The van der Waals surface area contributed by atoms with Crippen molar-refractivity contribution in [2.45, 2.75) is 63.5 Å². The molecule has 17 heavy (non-hydrogen) atoms. The highest BCUT2D eigenvalue weighted by atomic mass is 16.5. The minimum atomic E-state index is -0.0267. The van der Waals surface area contributed by atoms with E-state index in [0.717, 1.165) is 38.5 Å². The Kier molecular flexibility index (Phi) is 4.11. The van der Waals surface area contributed by atoms with Gasteiger partial charge in [0.1, 0.15) is 0 Å². The molecule has 2 rings (SSSR count). The van der Waals surface area contributed by atoms with Gasteiger partial charge in [0, 0.05) is 18.7 Å². The molecule has 0 amide bonds. The average molecular weight is 240 g/mol. The van der Waals surface area contributed by atoms with E-state index in [1.807, 2.05) is 0 Å². The van der Waals surface area contributed by atoms with Crippen LogP contribution in [0, 0.1) is 5.92 Å². The highest BCUT2D eigenvalue weighted by Crippen LogP contribution is 2.34. The van der Waals surface area contributed by atoms with Crippen molar-refractivity contribution < 1.29 is 4.74 Å². The zero-order valence-corrected chi connectivity index (χ0v) is 11.4. The topological polar surface area (TPSA) is 47.3 Å². The fraction of sp³-hybridized carbons (Fsp3) is 1.00. The Balaban J connectivity index is 1.76. The number of nitrogens with two attached hydrogens (primary N) is 1. The van der Waals surface area contributed by atoms with Gasteiger partial charge in [0.15, 0.2) is 0 Å². The molecule has 3 N–H and O–H groups in total. The first-order chi connectivity index (χ1) is 8.05. The largest absolute Gasteiger partial charge is 0.375 e. The van der Waals surface area contributed by atoms with Gasteiger partial charge in [0.2, 0.25) is 0 Å². The van der Waals surface area contributed by atoms with Crippen LogP contribution in [0.15, 0.2) is 0 Å². The van der Waals surface area contributed by atoms with E-state index in [2.05, 4.69) is 19.2 Å². The van der Waals surface area contributed by atoms with E-state index >= 15 is 0 Å². The first-order valence-corrected chi connectivity index (χ1v) is 7.14. The van der Waals surface area contributed by atoms with Gasteiger partial charge in [-0.05, 0) is 52.0 Å². The molecule has 1 saturated heterocycles. The maximum absolute atomic E-state index is 6.00. The van der Waals surface area contributed by atoms with Crippen molar-refractivity contribution in [2.24, 2.45) is 11.7 Å². The molecule has 1 heterocycles. The van der Waals surface area contributed by atoms with Gasteiger partial charge in [-0.1, -0.05) is 12.8 Å². The number of ether oxygens (including phenoxy) is 1. The standard InChI is InChI=1S/C14H28N2O/c1-13(2)10-14(11-15,7-9-17-13)16-8-3-4-12-5-6-12/h12,16H,3-11,15H2,1-2H3. The van der Waals surface area contributed by atoms with E-state index in [1.165, 1.54) is 25.7 Å². The summed E-state index contributed by atoms with van der Waals surface area (Å²) in [5, 5.41) is 3.72. The van der Waals surface area contributed by atoms with Crippen molar-refractivity contribution in [1.29, 1.82) is 0 Å². The van der Waals surface area contributed by atoms with Crippen LogP contribution in [0.2, 0.25) is 0 Å². The molecule has 3 heteroatoms. The zero-order valence-electron chi connectivity index (χ0n) is 11.4. The van der Waals surface area contributed by atoms with E-state index in [-0.39, 0.29) is 11.1 Å². The second-order valence-electron chi connectivity index (χ2n) is 6.53. The minimum absolute atomic E-state index is 0.0267. The lowest BCUT2D eigenvalue weighted by Crippen LogP contribution is -2.59. The van der Waals surface area contributed by atoms with Crippen LogP contribution in [0.1, 0.15) is 52.4 Å². The average Bonchev–Trinajstić information content (AvgIpc) is 3.07. The van der Waals surface area contributed by atoms with Gasteiger partial charge in [-0.2, -0.15) is 0 Å². The van der Waals surface area contributed by atoms with E-state index < -0.39 is 0 Å². The van der Waals surface area contributed by atoms with Crippen molar-refractivity contribution in [1.82, 2.24) is 5.32 Å². The van der Waals surface area contributed by atoms with Crippen LogP contribution < -0.4 is 11.1 Å². The second-order valence-corrected chi connectivity index (χ2v) is 6.53.